The summed E-state index contributed by atoms with van der Waals surface area (Å²) in [6.45, 7) is 1.91. The van der Waals surface area contributed by atoms with E-state index in [0.29, 0.717) is 22.1 Å². The Morgan fingerprint density at radius 3 is 2.70 bits per heavy atom. The molecule has 8 nitrogen and oxygen atoms in total. The Bertz CT molecular complexity index is 1140. The molecule has 1 aromatic carbocycles. The molecule has 3 aromatic rings. The average Bonchev–Trinajstić information content (AvgIpc) is 3.35. The Hall–Kier alpha value is -2.85. The van der Waals surface area contributed by atoms with Crippen LogP contribution in [0.4, 0.5) is 10.9 Å². The molecule has 4 rings (SSSR count). The van der Waals surface area contributed by atoms with Crippen molar-refractivity contribution in [2.75, 3.05) is 16.8 Å². The fraction of sp³-hybridized carbons (Fsp3) is 0.391. The number of hydrogen-bond acceptors (Lipinski definition) is 7. The van der Waals surface area contributed by atoms with E-state index in [0.717, 1.165) is 48.3 Å². The first-order valence-electron chi connectivity index (χ1n) is 11.1. The molecule has 2 heterocycles. The molecule has 1 aliphatic carbocycles. The molecule has 0 fully saturated rings. The smallest absolute Gasteiger partial charge is 0.251 e. The number of benzene rings is 1. The molecule has 0 spiro atoms. The van der Waals surface area contributed by atoms with Crippen LogP contribution < -0.4 is 16.8 Å². The first-order valence-corrected chi connectivity index (χ1v) is 12.9. The average molecular weight is 485 g/mol. The number of carbonyl (C=O) groups is 2. The lowest BCUT2D eigenvalue weighted by molar-refractivity contribution is -0.119. The van der Waals surface area contributed by atoms with Gasteiger partial charge in [0.15, 0.2) is 5.16 Å². The van der Waals surface area contributed by atoms with Crippen molar-refractivity contribution in [3.05, 3.63) is 51.9 Å². The molecular formula is C23H28N6O2S2. The zero-order chi connectivity index (χ0) is 23.4. The van der Waals surface area contributed by atoms with Gasteiger partial charge in [-0.1, -0.05) is 49.0 Å². The Morgan fingerprint density at radius 2 is 1.97 bits per heavy atom. The number of nitrogens with two attached hydrogens (primary N) is 2. The highest BCUT2D eigenvalue weighted by molar-refractivity contribution is 7.99. The van der Waals surface area contributed by atoms with Crippen LogP contribution in [0.2, 0.25) is 0 Å². The lowest BCUT2D eigenvalue weighted by Crippen LogP contribution is -2.28. The normalized spacial score (nSPS) is 14.0. The summed E-state index contributed by atoms with van der Waals surface area (Å²) in [5.41, 5.74) is 14.5. The monoisotopic (exact) mass is 484 g/mol. The van der Waals surface area contributed by atoms with Crippen LogP contribution in [-0.4, -0.2) is 32.3 Å². The van der Waals surface area contributed by atoms with Crippen LogP contribution in [0.3, 0.4) is 0 Å². The van der Waals surface area contributed by atoms with Gasteiger partial charge in [-0.25, -0.2) is 0 Å². The molecule has 174 valence electrons. The van der Waals surface area contributed by atoms with Crippen molar-refractivity contribution in [1.29, 1.82) is 0 Å². The lowest BCUT2D eigenvalue weighted by atomic mass is 9.95. The number of rotatable bonds is 9. The van der Waals surface area contributed by atoms with Crippen LogP contribution >= 0.6 is 23.1 Å². The van der Waals surface area contributed by atoms with E-state index in [2.05, 4.69) is 27.6 Å². The van der Waals surface area contributed by atoms with Crippen molar-refractivity contribution in [2.24, 2.45) is 5.73 Å². The number of hydrogen-bond donors (Lipinski definition) is 3. The third kappa shape index (κ3) is 5.06. The van der Waals surface area contributed by atoms with Gasteiger partial charge in [0.2, 0.25) is 11.9 Å². The SMILES string of the molecule is CCC(C(=O)Nc1sc2c(c1C(N)=O)CCCC2)n1c(N)nnc1SCCc1ccccc1. The Balaban J connectivity index is 1.52. The number of thioether (sulfide) groups is 1. The van der Waals surface area contributed by atoms with Crippen LogP contribution in [0, 0.1) is 0 Å². The molecule has 33 heavy (non-hydrogen) atoms. The number of nitrogens with one attached hydrogen (secondary N) is 1. The summed E-state index contributed by atoms with van der Waals surface area (Å²) in [7, 11) is 0. The fourth-order valence-corrected chi connectivity index (χ4v) is 6.46. The first kappa shape index (κ1) is 23.3. The number of aryl methyl sites for hydroxylation is 2. The van der Waals surface area contributed by atoms with E-state index >= 15 is 0 Å². The second-order valence-corrected chi connectivity index (χ2v) is 10.2. The number of thiophene rings is 1. The number of nitrogens with zero attached hydrogens (tertiary/aromatic N) is 3. The maximum absolute atomic E-state index is 13.3. The van der Waals surface area contributed by atoms with E-state index in [-0.39, 0.29) is 11.9 Å². The van der Waals surface area contributed by atoms with Gasteiger partial charge in [-0.05, 0) is 49.7 Å². The molecule has 0 aliphatic heterocycles. The van der Waals surface area contributed by atoms with Gasteiger partial charge in [0.05, 0.1) is 5.56 Å². The maximum Gasteiger partial charge on any atom is 0.251 e. The molecule has 2 amide bonds. The standard InChI is InChI=1S/C23H28N6O2S2/c1-2-16(20(31)26-21-18(19(24)30)15-10-6-7-11-17(15)33-21)29-22(25)27-28-23(29)32-13-12-14-8-4-3-5-9-14/h3-5,8-9,16H,2,6-7,10-13H2,1H3,(H2,24,30)(H2,25,27)(H,26,31). The summed E-state index contributed by atoms with van der Waals surface area (Å²) < 4.78 is 1.68. The minimum absolute atomic E-state index is 0.194. The summed E-state index contributed by atoms with van der Waals surface area (Å²) in [4.78, 5) is 26.6. The number of amides is 2. The van der Waals surface area contributed by atoms with Gasteiger partial charge in [0.25, 0.3) is 5.91 Å². The van der Waals surface area contributed by atoms with Crippen molar-refractivity contribution in [3.63, 3.8) is 0 Å². The van der Waals surface area contributed by atoms with Crippen molar-refractivity contribution < 1.29 is 9.59 Å². The zero-order valence-electron chi connectivity index (χ0n) is 18.5. The highest BCUT2D eigenvalue weighted by Crippen LogP contribution is 2.38. The maximum atomic E-state index is 13.3. The van der Waals surface area contributed by atoms with E-state index in [1.807, 2.05) is 25.1 Å². The third-order valence-electron chi connectivity index (χ3n) is 5.81. The van der Waals surface area contributed by atoms with E-state index in [1.165, 1.54) is 28.7 Å². The van der Waals surface area contributed by atoms with Crippen LogP contribution in [0.25, 0.3) is 0 Å². The highest BCUT2D eigenvalue weighted by atomic mass is 32.2. The molecule has 1 atom stereocenters. The van der Waals surface area contributed by atoms with Crippen molar-refractivity contribution in [1.82, 2.24) is 14.8 Å². The number of primary amides is 1. The molecular weight excluding hydrogens is 456 g/mol. The first-order chi connectivity index (χ1) is 16.0. The molecule has 0 radical (unpaired) electrons. The largest absolute Gasteiger partial charge is 0.368 e. The molecule has 0 saturated heterocycles. The van der Waals surface area contributed by atoms with Crippen LogP contribution in [0.15, 0.2) is 35.5 Å². The number of carbonyl (C=O) groups excluding carboxylic acids is 2. The zero-order valence-corrected chi connectivity index (χ0v) is 20.2. The molecule has 0 saturated carbocycles. The number of aromatic nitrogens is 3. The Kier molecular flexibility index (Phi) is 7.34. The number of anilines is 2. The van der Waals surface area contributed by atoms with Gasteiger partial charge < -0.3 is 16.8 Å². The Morgan fingerprint density at radius 1 is 1.21 bits per heavy atom. The third-order valence-corrected chi connectivity index (χ3v) is 7.96. The van der Waals surface area contributed by atoms with Crippen LogP contribution in [0.5, 0.6) is 0 Å². The van der Waals surface area contributed by atoms with Gasteiger partial charge in [0, 0.05) is 10.6 Å². The van der Waals surface area contributed by atoms with Gasteiger partial charge in [-0.3, -0.25) is 14.2 Å². The van der Waals surface area contributed by atoms with E-state index < -0.39 is 11.9 Å². The molecule has 0 bridgehead atoms. The predicted molar refractivity (Wildman–Crippen MR) is 133 cm³/mol. The van der Waals surface area contributed by atoms with Crippen LogP contribution in [-0.2, 0) is 24.1 Å². The van der Waals surface area contributed by atoms with E-state index in [9.17, 15) is 9.59 Å². The van der Waals surface area contributed by atoms with E-state index in [4.69, 9.17) is 11.5 Å². The Labute approximate surface area is 201 Å². The summed E-state index contributed by atoms with van der Waals surface area (Å²) >= 11 is 2.97. The number of fused-ring (bicyclic) bond motifs is 1. The predicted octanol–water partition coefficient (Wildman–Crippen LogP) is 3.82. The summed E-state index contributed by atoms with van der Waals surface area (Å²) in [5.74, 6) is 0.220. The number of nitrogen functional groups attached to an aromatic ring is 1. The van der Waals surface area contributed by atoms with Crippen molar-refractivity contribution in [2.45, 2.75) is 56.6 Å². The fourth-order valence-electron chi connectivity index (χ4n) is 4.18. The minimum Gasteiger partial charge on any atom is -0.368 e. The molecule has 1 unspecified atom stereocenters. The van der Waals surface area contributed by atoms with Crippen molar-refractivity contribution >= 4 is 45.9 Å². The minimum atomic E-state index is -0.598. The van der Waals surface area contributed by atoms with E-state index in [1.54, 1.807) is 4.57 Å². The highest BCUT2D eigenvalue weighted by Gasteiger charge is 2.29. The van der Waals surface area contributed by atoms with Crippen LogP contribution in [0.1, 0.15) is 58.6 Å². The van der Waals surface area contributed by atoms with Gasteiger partial charge in [-0.15, -0.1) is 21.5 Å². The summed E-state index contributed by atoms with van der Waals surface area (Å²) in [6.07, 6.45) is 5.19. The second kappa shape index (κ2) is 10.4. The molecule has 5 N–H and O–H groups in total. The molecule has 1 aliphatic rings. The second-order valence-electron chi connectivity index (χ2n) is 7.99. The molecule has 10 heteroatoms. The van der Waals surface area contributed by atoms with Gasteiger partial charge in [-0.2, -0.15) is 0 Å². The van der Waals surface area contributed by atoms with Gasteiger partial charge in [0.1, 0.15) is 11.0 Å². The molecule has 2 aromatic heterocycles. The summed E-state index contributed by atoms with van der Waals surface area (Å²) in [5, 5.41) is 12.3. The van der Waals surface area contributed by atoms with Crippen molar-refractivity contribution in [3.8, 4) is 0 Å². The van der Waals surface area contributed by atoms with Gasteiger partial charge >= 0.3 is 0 Å². The summed E-state index contributed by atoms with van der Waals surface area (Å²) in [6, 6.07) is 9.59. The topological polar surface area (TPSA) is 129 Å². The quantitative estimate of drug-likeness (QED) is 0.396. The lowest BCUT2D eigenvalue weighted by Gasteiger charge is -2.19.